The smallest absolute Gasteiger partial charge is 0.225 e. The molecule has 3 rings (SSSR count). The van der Waals surface area contributed by atoms with Crippen molar-refractivity contribution in [1.82, 2.24) is 9.80 Å². The highest BCUT2D eigenvalue weighted by atomic mass is 16.3. The third kappa shape index (κ3) is 4.26. The second kappa shape index (κ2) is 9.53. The van der Waals surface area contributed by atoms with Crippen LogP contribution in [0.25, 0.3) is 0 Å². The average molecular weight is 476 g/mol. The summed E-state index contributed by atoms with van der Waals surface area (Å²) in [6.45, 7) is 0.0638. The van der Waals surface area contributed by atoms with Gasteiger partial charge in [0.25, 0.3) is 0 Å². The molecule has 34 heavy (non-hydrogen) atoms. The molecule has 0 bridgehead atoms. The van der Waals surface area contributed by atoms with Gasteiger partial charge in [-0.15, -0.1) is 0 Å². The topological polar surface area (TPSA) is 161 Å². The molecule has 0 heterocycles. The monoisotopic (exact) mass is 475 g/mol. The van der Waals surface area contributed by atoms with E-state index in [1.807, 2.05) is 19.0 Å². The molecule has 10 heteroatoms. The zero-order valence-corrected chi connectivity index (χ0v) is 19.9. The Morgan fingerprint density at radius 2 is 1.85 bits per heavy atom. The van der Waals surface area contributed by atoms with Gasteiger partial charge in [0.1, 0.15) is 5.75 Å². The number of Topliss-reactive ketones (excluding diaryl/α,β-unsaturated/α-hetero) is 3. The van der Waals surface area contributed by atoms with Crippen LogP contribution in [0.15, 0.2) is 12.1 Å². The Hall–Kier alpha value is -2.66. The van der Waals surface area contributed by atoms with Gasteiger partial charge < -0.3 is 30.9 Å². The number of primary amides is 1. The summed E-state index contributed by atoms with van der Waals surface area (Å²) < 4.78 is 0. The van der Waals surface area contributed by atoms with Gasteiger partial charge in [0.2, 0.25) is 5.91 Å². The van der Waals surface area contributed by atoms with Gasteiger partial charge in [0.15, 0.2) is 23.0 Å². The summed E-state index contributed by atoms with van der Waals surface area (Å²) in [6, 6.07) is 2.37. The molecule has 5 atom stereocenters. The fraction of sp³-hybridized carbons (Fsp3) is 0.583. The molecule has 0 aromatic heterocycles. The molecule has 2 aliphatic carbocycles. The van der Waals surface area contributed by atoms with Crippen LogP contribution < -0.4 is 5.73 Å². The Morgan fingerprint density at radius 1 is 1.21 bits per heavy atom. The molecule has 1 fully saturated rings. The number of phenolic OH excluding ortho intramolecular Hbond substituents is 1. The highest BCUT2D eigenvalue weighted by Crippen LogP contribution is 2.48. The lowest BCUT2D eigenvalue weighted by Crippen LogP contribution is -2.67. The molecular formula is C24H33N3O7. The van der Waals surface area contributed by atoms with Crippen molar-refractivity contribution in [3.63, 3.8) is 0 Å². The molecule has 10 nitrogen and oxygen atoms in total. The second-order valence-electron chi connectivity index (χ2n) is 9.89. The summed E-state index contributed by atoms with van der Waals surface area (Å²) in [5, 5.41) is 32.1. The number of hydrogen-bond donors (Lipinski definition) is 4. The van der Waals surface area contributed by atoms with Crippen molar-refractivity contribution >= 4 is 23.3 Å². The van der Waals surface area contributed by atoms with Gasteiger partial charge in [0, 0.05) is 18.5 Å². The first-order valence-electron chi connectivity index (χ1n) is 11.2. The van der Waals surface area contributed by atoms with E-state index in [-0.39, 0.29) is 24.2 Å². The molecule has 0 radical (unpaired) electrons. The van der Waals surface area contributed by atoms with Crippen molar-refractivity contribution in [2.75, 3.05) is 34.8 Å². The number of hydrogen-bond acceptors (Lipinski definition) is 9. The summed E-state index contributed by atoms with van der Waals surface area (Å²) in [4.78, 5) is 55.3. The van der Waals surface area contributed by atoms with Crippen molar-refractivity contribution in [2.24, 2.45) is 23.5 Å². The minimum absolute atomic E-state index is 0.0309. The number of benzene rings is 1. The number of fused-ring (bicyclic) bond motifs is 2. The molecule has 2 aliphatic rings. The number of aliphatic hydroxyl groups is 2. The molecule has 1 amide bonds. The van der Waals surface area contributed by atoms with Crippen LogP contribution in [-0.2, 0) is 27.3 Å². The summed E-state index contributed by atoms with van der Waals surface area (Å²) in [5.41, 5.74) is 4.02. The van der Waals surface area contributed by atoms with Gasteiger partial charge in [-0.2, -0.15) is 0 Å². The molecule has 1 aromatic rings. The van der Waals surface area contributed by atoms with Crippen molar-refractivity contribution in [1.29, 1.82) is 0 Å². The Balaban J connectivity index is 2.16. The Kier molecular flexibility index (Phi) is 7.28. The Bertz CT molecular complexity index is 1020. The lowest BCUT2D eigenvalue weighted by Gasteiger charge is -2.49. The van der Waals surface area contributed by atoms with Gasteiger partial charge in [-0.05, 0) is 64.1 Å². The van der Waals surface area contributed by atoms with Gasteiger partial charge in [-0.3, -0.25) is 19.2 Å². The summed E-state index contributed by atoms with van der Waals surface area (Å²) in [5.74, 6) is -6.97. The maximum Gasteiger partial charge on any atom is 0.225 e. The minimum atomic E-state index is -2.67. The van der Waals surface area contributed by atoms with Gasteiger partial charge in [-0.25, -0.2) is 0 Å². The Labute approximate surface area is 198 Å². The van der Waals surface area contributed by atoms with Crippen molar-refractivity contribution in [3.8, 4) is 5.75 Å². The number of amides is 1. The minimum Gasteiger partial charge on any atom is -0.507 e. The zero-order valence-electron chi connectivity index (χ0n) is 19.9. The molecule has 0 saturated heterocycles. The number of nitrogens with two attached hydrogens (primary N) is 1. The summed E-state index contributed by atoms with van der Waals surface area (Å²) >= 11 is 0. The normalized spacial score (nSPS) is 27.5. The predicted molar refractivity (Wildman–Crippen MR) is 122 cm³/mol. The third-order valence-corrected chi connectivity index (χ3v) is 7.17. The van der Waals surface area contributed by atoms with Gasteiger partial charge in [0.05, 0.1) is 24.5 Å². The van der Waals surface area contributed by atoms with Crippen LogP contribution in [-0.4, -0.2) is 94.8 Å². The maximum atomic E-state index is 13.7. The molecule has 1 saturated carbocycles. The maximum absolute atomic E-state index is 13.7. The molecule has 186 valence electrons. The number of rotatable bonds is 8. The number of carbonyl (C=O) groups excluding carboxylic acids is 4. The van der Waals surface area contributed by atoms with Gasteiger partial charge >= 0.3 is 0 Å². The van der Waals surface area contributed by atoms with E-state index in [9.17, 15) is 34.5 Å². The fourth-order valence-corrected chi connectivity index (χ4v) is 5.62. The molecule has 5 N–H and O–H groups in total. The molecular weight excluding hydrogens is 442 g/mol. The first kappa shape index (κ1) is 26.0. The van der Waals surface area contributed by atoms with E-state index in [0.717, 1.165) is 5.56 Å². The molecule has 2 unspecified atom stereocenters. The number of nitrogens with zero attached hydrogens (tertiary/aromatic N) is 2. The third-order valence-electron chi connectivity index (χ3n) is 7.17. The lowest BCUT2D eigenvalue weighted by molar-refractivity contribution is -0.171. The number of carbonyl (C=O) groups is 4. The predicted octanol–water partition coefficient (Wildman–Crippen LogP) is -0.888. The van der Waals surface area contributed by atoms with Crippen LogP contribution in [0.4, 0.5) is 0 Å². The number of likely N-dealkylation sites (N-methyl/N-ethyl adjacent to an activating group) is 1. The van der Waals surface area contributed by atoms with E-state index in [1.54, 1.807) is 25.1 Å². The van der Waals surface area contributed by atoms with E-state index in [1.165, 1.54) is 6.07 Å². The highest BCUT2D eigenvalue weighted by molar-refractivity contribution is 6.24. The molecule has 0 aliphatic heterocycles. The second-order valence-corrected chi connectivity index (χ2v) is 9.89. The standard InChI is InChI=1S/C24H33N3O7/c1-26(2)10-12-5-6-17(29)21-14(12)7-13-8-15(16(11-28)27(3)4)24(34,18(30)9-19(25)31)23(33)20(13)22(21)32/h5-6,13,15-16,20,28-29,34H,7-11H2,1-4H3,(H2,25,31)/t13-,15-,16?,20?,24+/m0/s1. The number of phenols is 1. The zero-order chi connectivity index (χ0) is 25.5. The first-order valence-corrected chi connectivity index (χ1v) is 11.2. The lowest BCUT2D eigenvalue weighted by atomic mass is 9.56. The van der Waals surface area contributed by atoms with Crippen LogP contribution in [0.1, 0.15) is 34.3 Å². The van der Waals surface area contributed by atoms with Crippen molar-refractivity contribution in [2.45, 2.75) is 37.5 Å². The Morgan fingerprint density at radius 3 is 2.38 bits per heavy atom. The van der Waals surface area contributed by atoms with Crippen LogP contribution in [0, 0.1) is 17.8 Å². The number of aromatic hydroxyl groups is 1. The van der Waals surface area contributed by atoms with E-state index in [0.29, 0.717) is 12.1 Å². The number of aliphatic hydroxyl groups excluding tert-OH is 1. The van der Waals surface area contributed by atoms with E-state index in [4.69, 9.17) is 5.73 Å². The average Bonchev–Trinajstić information content (AvgIpc) is 2.72. The van der Waals surface area contributed by atoms with Crippen LogP contribution in [0.2, 0.25) is 0 Å². The van der Waals surface area contributed by atoms with Crippen molar-refractivity contribution < 1.29 is 34.5 Å². The van der Waals surface area contributed by atoms with E-state index < -0.39 is 65.7 Å². The van der Waals surface area contributed by atoms with Crippen molar-refractivity contribution in [3.05, 3.63) is 28.8 Å². The largest absolute Gasteiger partial charge is 0.507 e. The summed E-state index contributed by atoms with van der Waals surface area (Å²) in [6.07, 6.45) is -0.495. The first-order chi connectivity index (χ1) is 15.8. The van der Waals surface area contributed by atoms with E-state index >= 15 is 0 Å². The van der Waals surface area contributed by atoms with E-state index in [2.05, 4.69) is 0 Å². The van der Waals surface area contributed by atoms with Crippen LogP contribution in [0.3, 0.4) is 0 Å². The van der Waals surface area contributed by atoms with Gasteiger partial charge in [-0.1, -0.05) is 6.07 Å². The SMILES string of the molecule is CN(C)Cc1ccc(O)c2c1C[C@H]1C[C@@H](C(CO)N(C)C)[C@@](O)(C(=O)CC(N)=O)C(=O)C1C2=O. The summed E-state index contributed by atoms with van der Waals surface area (Å²) in [7, 11) is 7.04. The number of ketones is 3. The van der Waals surface area contributed by atoms with Crippen LogP contribution >= 0.6 is 0 Å². The highest BCUT2D eigenvalue weighted by Gasteiger charge is 2.62. The fourth-order valence-electron chi connectivity index (χ4n) is 5.62. The van der Waals surface area contributed by atoms with Crippen LogP contribution in [0.5, 0.6) is 5.75 Å². The molecule has 1 aromatic carbocycles. The molecule has 0 spiro atoms. The quantitative estimate of drug-likeness (QED) is 0.350.